The molecule has 6 heteroatoms. The first kappa shape index (κ1) is 15.9. The van der Waals surface area contributed by atoms with E-state index in [9.17, 15) is 4.79 Å². The second kappa shape index (κ2) is 7.55. The molecule has 0 atom stereocenters. The Morgan fingerprint density at radius 3 is 2.75 bits per heavy atom. The molecule has 1 N–H and O–H groups in total. The van der Waals surface area contributed by atoms with E-state index in [0.717, 1.165) is 37.3 Å². The summed E-state index contributed by atoms with van der Waals surface area (Å²) < 4.78 is 0. The monoisotopic (exact) mass is 321 g/mol. The first-order valence-electron chi connectivity index (χ1n) is 8.04. The summed E-state index contributed by atoms with van der Waals surface area (Å²) in [6, 6.07) is 9.52. The average Bonchev–Trinajstić information content (AvgIpc) is 2.67. The highest BCUT2D eigenvalue weighted by molar-refractivity contribution is 5.78. The van der Waals surface area contributed by atoms with Crippen molar-refractivity contribution in [2.75, 3.05) is 18.0 Å². The lowest BCUT2D eigenvalue weighted by atomic mass is 9.96. The predicted octanol–water partition coefficient (Wildman–Crippen LogP) is 1.88. The van der Waals surface area contributed by atoms with Crippen LogP contribution in [0.4, 0.5) is 5.82 Å². The van der Waals surface area contributed by atoms with Crippen molar-refractivity contribution in [3.05, 3.63) is 54.0 Å². The molecule has 6 nitrogen and oxygen atoms in total. The summed E-state index contributed by atoms with van der Waals surface area (Å²) in [5.41, 5.74) is 1.56. The van der Waals surface area contributed by atoms with Gasteiger partial charge in [-0.15, -0.1) is 0 Å². The fourth-order valence-electron chi connectivity index (χ4n) is 2.85. The highest BCUT2D eigenvalue weighted by Gasteiger charge is 2.25. The zero-order valence-electron chi connectivity index (χ0n) is 13.4. The number of nitriles is 1. The van der Waals surface area contributed by atoms with Crippen LogP contribution in [0.15, 0.2) is 42.9 Å². The minimum Gasteiger partial charge on any atom is -0.357 e. The summed E-state index contributed by atoms with van der Waals surface area (Å²) in [5.74, 6) is 1.01. The van der Waals surface area contributed by atoms with Crippen molar-refractivity contribution < 1.29 is 4.79 Å². The van der Waals surface area contributed by atoms with E-state index >= 15 is 0 Å². The molecule has 1 aliphatic rings. The fraction of sp³-hybridized carbons (Fsp3) is 0.333. The van der Waals surface area contributed by atoms with E-state index in [1.54, 1.807) is 24.7 Å². The van der Waals surface area contributed by atoms with Crippen molar-refractivity contribution >= 4 is 11.7 Å². The number of carbonyl (C=O) groups is 1. The normalized spacial score (nSPS) is 14.9. The highest BCUT2D eigenvalue weighted by atomic mass is 16.1. The number of pyridine rings is 2. The SMILES string of the molecule is N#Cc1ccc(N2CCC(C(=O)NCc3cccnc3)CC2)nc1. The van der Waals surface area contributed by atoms with Crippen LogP contribution in [-0.4, -0.2) is 29.0 Å². The van der Waals surface area contributed by atoms with Gasteiger partial charge in [-0.3, -0.25) is 9.78 Å². The van der Waals surface area contributed by atoms with E-state index in [0.29, 0.717) is 12.1 Å². The molecule has 3 rings (SSSR count). The van der Waals surface area contributed by atoms with Crippen LogP contribution in [0.25, 0.3) is 0 Å². The van der Waals surface area contributed by atoms with Crippen LogP contribution in [-0.2, 0) is 11.3 Å². The van der Waals surface area contributed by atoms with E-state index in [4.69, 9.17) is 5.26 Å². The van der Waals surface area contributed by atoms with Gasteiger partial charge in [0.25, 0.3) is 0 Å². The number of piperidine rings is 1. The molecular formula is C18H19N5O. The number of anilines is 1. The summed E-state index contributed by atoms with van der Waals surface area (Å²) >= 11 is 0. The molecule has 1 fully saturated rings. The molecule has 0 aliphatic carbocycles. The average molecular weight is 321 g/mol. The van der Waals surface area contributed by atoms with Gasteiger partial charge in [0.05, 0.1) is 5.56 Å². The summed E-state index contributed by atoms with van der Waals surface area (Å²) in [4.78, 5) is 22.8. The van der Waals surface area contributed by atoms with Crippen molar-refractivity contribution in [2.45, 2.75) is 19.4 Å². The second-order valence-electron chi connectivity index (χ2n) is 5.86. The molecule has 122 valence electrons. The molecule has 0 unspecified atom stereocenters. The number of nitrogens with one attached hydrogen (secondary N) is 1. The van der Waals surface area contributed by atoms with E-state index in [1.165, 1.54) is 0 Å². The van der Waals surface area contributed by atoms with E-state index in [-0.39, 0.29) is 11.8 Å². The van der Waals surface area contributed by atoms with Gasteiger partial charge >= 0.3 is 0 Å². The maximum absolute atomic E-state index is 12.3. The Hall–Kier alpha value is -2.94. The number of rotatable bonds is 4. The smallest absolute Gasteiger partial charge is 0.223 e. The van der Waals surface area contributed by atoms with Gasteiger partial charge in [0, 0.05) is 44.1 Å². The van der Waals surface area contributed by atoms with Crippen LogP contribution in [0.3, 0.4) is 0 Å². The van der Waals surface area contributed by atoms with Crippen molar-refractivity contribution in [1.82, 2.24) is 15.3 Å². The second-order valence-corrected chi connectivity index (χ2v) is 5.86. The molecular weight excluding hydrogens is 302 g/mol. The minimum atomic E-state index is 0.0382. The maximum Gasteiger partial charge on any atom is 0.223 e. The van der Waals surface area contributed by atoms with Crippen molar-refractivity contribution in [3.63, 3.8) is 0 Å². The number of carbonyl (C=O) groups excluding carboxylic acids is 1. The molecule has 0 radical (unpaired) electrons. The number of hydrogen-bond donors (Lipinski definition) is 1. The van der Waals surface area contributed by atoms with Crippen LogP contribution < -0.4 is 10.2 Å². The summed E-state index contributed by atoms with van der Waals surface area (Å²) in [6.45, 7) is 2.11. The zero-order chi connectivity index (χ0) is 16.8. The third-order valence-corrected chi connectivity index (χ3v) is 4.26. The highest BCUT2D eigenvalue weighted by Crippen LogP contribution is 2.22. The quantitative estimate of drug-likeness (QED) is 0.930. The van der Waals surface area contributed by atoms with Crippen molar-refractivity contribution in [1.29, 1.82) is 5.26 Å². The Morgan fingerprint density at radius 2 is 2.12 bits per heavy atom. The van der Waals surface area contributed by atoms with Gasteiger partial charge in [-0.2, -0.15) is 5.26 Å². The largest absolute Gasteiger partial charge is 0.357 e. The molecule has 0 aromatic carbocycles. The van der Waals surface area contributed by atoms with Gasteiger partial charge in [-0.1, -0.05) is 6.07 Å². The van der Waals surface area contributed by atoms with Crippen LogP contribution in [0.1, 0.15) is 24.0 Å². The van der Waals surface area contributed by atoms with Crippen LogP contribution in [0, 0.1) is 17.2 Å². The first-order valence-corrected chi connectivity index (χ1v) is 8.04. The molecule has 3 heterocycles. The zero-order valence-corrected chi connectivity index (χ0v) is 13.4. The summed E-state index contributed by atoms with van der Waals surface area (Å²) in [5, 5.41) is 11.8. The van der Waals surface area contributed by atoms with E-state index in [2.05, 4.69) is 26.3 Å². The Bertz CT molecular complexity index is 715. The lowest BCUT2D eigenvalue weighted by Crippen LogP contribution is -2.40. The molecule has 1 aliphatic heterocycles. The molecule has 0 spiro atoms. The van der Waals surface area contributed by atoms with Crippen LogP contribution >= 0.6 is 0 Å². The van der Waals surface area contributed by atoms with E-state index < -0.39 is 0 Å². The van der Waals surface area contributed by atoms with Crippen molar-refractivity contribution in [3.8, 4) is 6.07 Å². The first-order chi connectivity index (χ1) is 11.8. The summed E-state index contributed by atoms with van der Waals surface area (Å²) in [7, 11) is 0. The van der Waals surface area contributed by atoms with Gasteiger partial charge in [0.15, 0.2) is 0 Å². The molecule has 2 aromatic heterocycles. The molecule has 24 heavy (non-hydrogen) atoms. The number of aromatic nitrogens is 2. The molecule has 0 saturated carbocycles. The molecule has 0 bridgehead atoms. The molecule has 2 aromatic rings. The number of amides is 1. The van der Waals surface area contributed by atoms with Crippen LogP contribution in [0.5, 0.6) is 0 Å². The predicted molar refractivity (Wildman–Crippen MR) is 90.0 cm³/mol. The summed E-state index contributed by atoms with van der Waals surface area (Å²) in [6.07, 6.45) is 6.68. The third-order valence-electron chi connectivity index (χ3n) is 4.26. The Morgan fingerprint density at radius 1 is 1.29 bits per heavy atom. The van der Waals surface area contributed by atoms with Crippen molar-refractivity contribution in [2.24, 2.45) is 5.92 Å². The van der Waals surface area contributed by atoms with Gasteiger partial charge in [0.2, 0.25) is 5.91 Å². The number of nitrogens with zero attached hydrogens (tertiary/aromatic N) is 4. The number of hydrogen-bond acceptors (Lipinski definition) is 5. The maximum atomic E-state index is 12.3. The molecule has 1 saturated heterocycles. The van der Waals surface area contributed by atoms with Gasteiger partial charge in [0.1, 0.15) is 11.9 Å². The fourth-order valence-corrected chi connectivity index (χ4v) is 2.85. The minimum absolute atomic E-state index is 0.0382. The Balaban J connectivity index is 1.49. The van der Waals surface area contributed by atoms with Gasteiger partial charge in [-0.25, -0.2) is 4.98 Å². The Kier molecular flexibility index (Phi) is 5.02. The van der Waals surface area contributed by atoms with Gasteiger partial charge < -0.3 is 10.2 Å². The molecule has 1 amide bonds. The van der Waals surface area contributed by atoms with Gasteiger partial charge in [-0.05, 0) is 36.6 Å². The third kappa shape index (κ3) is 3.87. The lowest BCUT2D eigenvalue weighted by molar-refractivity contribution is -0.125. The lowest BCUT2D eigenvalue weighted by Gasteiger charge is -2.32. The van der Waals surface area contributed by atoms with E-state index in [1.807, 2.05) is 18.2 Å². The Labute approximate surface area is 141 Å². The van der Waals surface area contributed by atoms with Crippen LogP contribution in [0.2, 0.25) is 0 Å². The topological polar surface area (TPSA) is 81.9 Å². The standard InChI is InChI=1S/C18H19N5O/c19-10-14-3-4-17(21-12-14)23-8-5-16(6-9-23)18(24)22-13-15-2-1-7-20-11-15/h1-4,7,11-12,16H,5-6,8-9,13H2,(H,22,24).